The second kappa shape index (κ2) is 18.0. The van der Waals surface area contributed by atoms with E-state index in [9.17, 15) is 0 Å². The first-order valence-electron chi connectivity index (χ1n) is 10.6. The molecule has 0 saturated carbocycles. The van der Waals surface area contributed by atoms with Gasteiger partial charge in [0.05, 0.1) is 18.1 Å². The topological polar surface area (TPSA) is 21.3 Å². The molecule has 1 unspecified atom stereocenters. The molecule has 166 valence electrons. The Labute approximate surface area is 189 Å². The summed E-state index contributed by atoms with van der Waals surface area (Å²) in [5, 5.41) is 0. The van der Waals surface area contributed by atoms with E-state index in [2.05, 4.69) is 70.7 Å². The second-order valence-corrected chi connectivity index (χ2v) is 9.66. The van der Waals surface area contributed by atoms with E-state index in [0.29, 0.717) is 12.6 Å². The zero-order valence-electron chi connectivity index (χ0n) is 19.6. The molecule has 0 bridgehead atoms. The minimum absolute atomic E-state index is 0.305. The van der Waals surface area contributed by atoms with Crippen LogP contribution in [0.3, 0.4) is 0 Å². The van der Waals surface area contributed by atoms with E-state index in [1.807, 2.05) is 18.7 Å². The third kappa shape index (κ3) is 17.7. The van der Waals surface area contributed by atoms with Crippen LogP contribution >= 0.6 is 23.7 Å². The first-order valence-corrected chi connectivity index (χ1v) is 12.8. The molecular formula is C25H43NOS2. The molecule has 1 N–H and O–H groups in total. The van der Waals surface area contributed by atoms with E-state index in [0.717, 1.165) is 42.3 Å². The molecule has 0 aliphatic carbocycles. The van der Waals surface area contributed by atoms with Crippen LogP contribution in [0.15, 0.2) is 59.4 Å². The van der Waals surface area contributed by atoms with Gasteiger partial charge in [0.2, 0.25) is 0 Å². The number of ether oxygens (including phenoxy) is 1. The maximum atomic E-state index is 5.39. The Balaban J connectivity index is 4.09. The summed E-state index contributed by atoms with van der Waals surface area (Å²) in [6.45, 7) is 21.6. The first kappa shape index (κ1) is 28.2. The summed E-state index contributed by atoms with van der Waals surface area (Å²) in [5.74, 6) is 3.66. The van der Waals surface area contributed by atoms with Crippen molar-refractivity contribution >= 4 is 23.7 Å². The van der Waals surface area contributed by atoms with Crippen molar-refractivity contribution in [1.29, 1.82) is 0 Å². The van der Waals surface area contributed by atoms with E-state index >= 15 is 0 Å². The number of allylic oxidation sites excluding steroid dienone is 5. The maximum Gasteiger partial charge on any atom is 0.1000 e. The Bertz CT molecular complexity index is 571. The van der Waals surface area contributed by atoms with Crippen LogP contribution in [-0.2, 0) is 4.74 Å². The summed E-state index contributed by atoms with van der Waals surface area (Å²) >= 11 is 3.60. The van der Waals surface area contributed by atoms with Gasteiger partial charge in [-0.25, -0.2) is 0 Å². The summed E-state index contributed by atoms with van der Waals surface area (Å²) in [6.07, 6.45) is 11.7. The van der Waals surface area contributed by atoms with Crippen molar-refractivity contribution in [2.24, 2.45) is 0 Å². The summed E-state index contributed by atoms with van der Waals surface area (Å²) < 4.78 is 8.88. The third-order valence-corrected chi connectivity index (χ3v) is 6.25. The predicted molar refractivity (Wildman–Crippen MR) is 138 cm³/mol. The smallest absolute Gasteiger partial charge is 0.1000 e. The van der Waals surface area contributed by atoms with E-state index in [4.69, 9.17) is 4.74 Å². The summed E-state index contributed by atoms with van der Waals surface area (Å²) in [5.41, 5.74) is 5.56. The molecule has 29 heavy (non-hydrogen) atoms. The Kier molecular flexibility index (Phi) is 17.5. The Hall–Kier alpha value is -0.840. The highest BCUT2D eigenvalue weighted by atomic mass is 32.2. The molecule has 1 atom stereocenters. The van der Waals surface area contributed by atoms with Gasteiger partial charge in [0, 0.05) is 17.5 Å². The molecule has 0 saturated heterocycles. The van der Waals surface area contributed by atoms with E-state index < -0.39 is 0 Å². The van der Waals surface area contributed by atoms with Crippen LogP contribution in [0.5, 0.6) is 0 Å². The minimum atomic E-state index is 0.305. The van der Waals surface area contributed by atoms with Crippen LogP contribution in [0.2, 0.25) is 0 Å². The molecular weight excluding hydrogens is 394 g/mol. The minimum Gasteiger partial charge on any atom is -0.498 e. The molecule has 0 aromatic carbocycles. The van der Waals surface area contributed by atoms with E-state index in [1.165, 1.54) is 28.7 Å². The van der Waals surface area contributed by atoms with Crippen molar-refractivity contribution < 1.29 is 4.74 Å². The molecule has 0 aromatic heterocycles. The van der Waals surface area contributed by atoms with Crippen molar-refractivity contribution in [3.8, 4) is 0 Å². The van der Waals surface area contributed by atoms with Crippen molar-refractivity contribution in [3.05, 3.63) is 59.4 Å². The summed E-state index contributed by atoms with van der Waals surface area (Å²) in [7, 11) is 0. The van der Waals surface area contributed by atoms with Crippen molar-refractivity contribution in [1.82, 2.24) is 4.72 Å². The van der Waals surface area contributed by atoms with Crippen molar-refractivity contribution in [2.75, 3.05) is 23.9 Å². The van der Waals surface area contributed by atoms with Crippen LogP contribution in [-0.4, -0.2) is 29.9 Å². The van der Waals surface area contributed by atoms with E-state index in [-0.39, 0.29) is 0 Å². The van der Waals surface area contributed by atoms with Gasteiger partial charge in [-0.15, -0.1) is 0 Å². The normalized spacial score (nSPS) is 13.2. The number of thioether (sulfide) groups is 1. The van der Waals surface area contributed by atoms with Crippen LogP contribution in [0.25, 0.3) is 0 Å². The largest absolute Gasteiger partial charge is 0.498 e. The van der Waals surface area contributed by atoms with Crippen LogP contribution in [0.1, 0.15) is 67.2 Å². The molecule has 0 radical (unpaired) electrons. The number of hydrogen-bond donors (Lipinski definition) is 1. The Morgan fingerprint density at radius 2 is 1.59 bits per heavy atom. The van der Waals surface area contributed by atoms with Crippen molar-refractivity contribution in [2.45, 2.75) is 73.3 Å². The molecule has 0 rings (SSSR count). The highest BCUT2D eigenvalue weighted by Gasteiger charge is 2.09. The second-order valence-electron chi connectivity index (χ2n) is 7.77. The molecule has 0 aromatic rings. The number of rotatable bonds is 17. The zero-order valence-corrected chi connectivity index (χ0v) is 21.2. The fourth-order valence-electron chi connectivity index (χ4n) is 2.47. The lowest BCUT2D eigenvalue weighted by Gasteiger charge is -2.18. The van der Waals surface area contributed by atoms with Gasteiger partial charge in [-0.05, 0) is 67.2 Å². The van der Waals surface area contributed by atoms with Gasteiger partial charge < -0.3 is 4.74 Å². The molecule has 0 aliphatic rings. The quantitative estimate of drug-likeness (QED) is 0.108. The summed E-state index contributed by atoms with van der Waals surface area (Å²) in [6, 6.07) is 0.305. The lowest BCUT2D eigenvalue weighted by Crippen LogP contribution is -2.27. The van der Waals surface area contributed by atoms with Gasteiger partial charge in [-0.2, -0.15) is 11.8 Å². The van der Waals surface area contributed by atoms with Gasteiger partial charge in [0.1, 0.15) is 0 Å². The van der Waals surface area contributed by atoms with Gasteiger partial charge >= 0.3 is 0 Å². The third-order valence-electron chi connectivity index (χ3n) is 4.36. The Morgan fingerprint density at radius 1 is 0.966 bits per heavy atom. The van der Waals surface area contributed by atoms with Gasteiger partial charge in [0.25, 0.3) is 0 Å². The lowest BCUT2D eigenvalue weighted by atomic mass is 10.1. The fraction of sp³-hybridized carbons (Fsp3) is 0.600. The average Bonchev–Trinajstić information content (AvgIpc) is 2.63. The fourth-order valence-corrected chi connectivity index (χ4v) is 4.53. The molecule has 0 aliphatic heterocycles. The highest BCUT2D eigenvalue weighted by Crippen LogP contribution is 2.16. The average molecular weight is 438 g/mol. The number of hydrogen-bond acceptors (Lipinski definition) is 4. The first-order chi connectivity index (χ1) is 13.8. The van der Waals surface area contributed by atoms with Crippen LogP contribution < -0.4 is 4.72 Å². The molecule has 0 fully saturated rings. The van der Waals surface area contributed by atoms with Crippen LogP contribution in [0, 0.1) is 0 Å². The standard InChI is InChI=1S/C25H43NOS2/c1-9-27-24(8)18-29-26-25(21(4)5)19-28-17-16-23(7)15-11-14-22(6)13-10-12-20(2)3/h12,14,16,25-26H,4,8-11,13,15,17-19H2,1-3,5-7H3/b22-14+,23-16+. The van der Waals surface area contributed by atoms with Gasteiger partial charge in [0.15, 0.2) is 0 Å². The van der Waals surface area contributed by atoms with Gasteiger partial charge in [-0.1, -0.05) is 65.6 Å². The molecule has 0 heterocycles. The predicted octanol–water partition coefficient (Wildman–Crippen LogP) is 7.87. The monoisotopic (exact) mass is 437 g/mol. The van der Waals surface area contributed by atoms with Gasteiger partial charge in [-0.3, -0.25) is 4.72 Å². The zero-order chi connectivity index (χ0) is 22.1. The van der Waals surface area contributed by atoms with E-state index in [1.54, 1.807) is 11.9 Å². The number of nitrogens with one attached hydrogen (secondary N) is 1. The molecule has 0 amide bonds. The Morgan fingerprint density at radius 3 is 2.17 bits per heavy atom. The van der Waals surface area contributed by atoms with Crippen molar-refractivity contribution in [3.63, 3.8) is 0 Å². The molecule has 4 heteroatoms. The molecule has 2 nitrogen and oxygen atoms in total. The maximum absolute atomic E-state index is 5.39. The SMILES string of the molecule is C=C(CSNC(CSC/C=C(\C)CC/C=C(\C)CCC=C(C)C)C(=C)C)OCC. The molecule has 0 spiro atoms. The lowest BCUT2D eigenvalue weighted by molar-refractivity contribution is 0.235. The summed E-state index contributed by atoms with van der Waals surface area (Å²) in [4.78, 5) is 0. The highest BCUT2D eigenvalue weighted by molar-refractivity contribution is 7.99. The van der Waals surface area contributed by atoms with Crippen LogP contribution in [0.4, 0.5) is 0 Å².